The van der Waals surface area contributed by atoms with Gasteiger partial charge in [-0.1, -0.05) is 53.5 Å². The van der Waals surface area contributed by atoms with E-state index in [1.807, 2.05) is 18.2 Å². The van der Waals surface area contributed by atoms with Crippen molar-refractivity contribution in [1.82, 2.24) is 10.3 Å². The number of carbonyl (C=O) groups is 2. The summed E-state index contributed by atoms with van der Waals surface area (Å²) in [7, 11) is 0. The Morgan fingerprint density at radius 3 is 2.38 bits per heavy atom. The second-order valence-corrected chi connectivity index (χ2v) is 6.47. The lowest BCUT2D eigenvalue weighted by atomic mass is 10.1. The number of hydrogen-bond donors (Lipinski definition) is 2. The van der Waals surface area contributed by atoms with Crippen molar-refractivity contribution in [2.45, 2.75) is 12.5 Å². The minimum absolute atomic E-state index is 0.0346. The van der Waals surface area contributed by atoms with Crippen LogP contribution in [0.4, 0.5) is 0 Å². The first-order chi connectivity index (χ1) is 12.5. The highest BCUT2D eigenvalue weighted by Crippen LogP contribution is 2.25. The molecule has 0 unspecified atom stereocenters. The highest BCUT2D eigenvalue weighted by atomic mass is 35.5. The van der Waals surface area contributed by atoms with E-state index < -0.39 is 17.9 Å². The van der Waals surface area contributed by atoms with Gasteiger partial charge in [-0.25, -0.2) is 9.78 Å². The summed E-state index contributed by atoms with van der Waals surface area (Å²) in [5, 5.41) is 13.5. The lowest BCUT2D eigenvalue weighted by Gasteiger charge is -2.16. The number of rotatable bonds is 5. The van der Waals surface area contributed by atoms with E-state index in [9.17, 15) is 14.7 Å². The van der Waals surface area contributed by atoms with Gasteiger partial charge in [0, 0.05) is 21.9 Å². The number of benzene rings is 2. The third kappa shape index (κ3) is 3.95. The van der Waals surface area contributed by atoms with Crippen LogP contribution in [-0.4, -0.2) is 28.0 Å². The van der Waals surface area contributed by atoms with Crippen molar-refractivity contribution in [3.8, 4) is 0 Å². The van der Waals surface area contributed by atoms with E-state index in [4.69, 9.17) is 23.2 Å². The fourth-order valence-corrected chi connectivity index (χ4v) is 3.11. The molecule has 0 saturated heterocycles. The summed E-state index contributed by atoms with van der Waals surface area (Å²) in [5.74, 6) is -1.76. The molecule has 0 aliphatic heterocycles. The molecule has 1 aromatic heterocycles. The predicted octanol–water partition coefficient (Wildman–Crippen LogP) is 3.97. The third-order valence-corrected chi connectivity index (χ3v) is 4.61. The number of carboxylic acids is 1. The number of halogens is 2. The van der Waals surface area contributed by atoms with Crippen LogP contribution in [0.5, 0.6) is 0 Å². The smallest absolute Gasteiger partial charge is 0.326 e. The minimum Gasteiger partial charge on any atom is -0.480 e. The van der Waals surface area contributed by atoms with E-state index >= 15 is 0 Å². The van der Waals surface area contributed by atoms with E-state index in [1.54, 1.807) is 36.4 Å². The van der Waals surface area contributed by atoms with E-state index in [1.165, 1.54) is 0 Å². The monoisotopic (exact) mass is 388 g/mol. The van der Waals surface area contributed by atoms with Crippen molar-refractivity contribution in [1.29, 1.82) is 0 Å². The molecule has 0 fully saturated rings. The number of aromatic nitrogens is 1. The van der Waals surface area contributed by atoms with Crippen LogP contribution < -0.4 is 5.32 Å². The number of hydrogen-bond acceptors (Lipinski definition) is 3. The maximum Gasteiger partial charge on any atom is 0.326 e. The van der Waals surface area contributed by atoms with Crippen LogP contribution in [0.2, 0.25) is 10.0 Å². The molecule has 1 amide bonds. The lowest BCUT2D eigenvalue weighted by Crippen LogP contribution is -2.42. The molecule has 5 nitrogen and oxygen atoms in total. The van der Waals surface area contributed by atoms with Crippen LogP contribution >= 0.6 is 23.2 Å². The van der Waals surface area contributed by atoms with E-state index in [0.717, 1.165) is 5.39 Å². The lowest BCUT2D eigenvalue weighted by molar-refractivity contribution is -0.139. The van der Waals surface area contributed by atoms with Crippen molar-refractivity contribution in [3.05, 3.63) is 75.9 Å². The quantitative estimate of drug-likeness (QED) is 0.692. The number of carboxylic acid groups (broad SMARTS) is 1. The molecule has 0 aliphatic carbocycles. The van der Waals surface area contributed by atoms with Gasteiger partial charge in [-0.3, -0.25) is 4.79 Å². The van der Waals surface area contributed by atoms with Gasteiger partial charge in [-0.15, -0.1) is 0 Å². The fourth-order valence-electron chi connectivity index (χ4n) is 2.56. The zero-order valence-corrected chi connectivity index (χ0v) is 15.0. The summed E-state index contributed by atoms with van der Waals surface area (Å²) in [6.07, 6.45) is -0.0346. The molecule has 0 bridgehead atoms. The number of pyridine rings is 1. The van der Waals surface area contributed by atoms with Crippen LogP contribution in [0.3, 0.4) is 0 Å². The van der Waals surface area contributed by atoms with Gasteiger partial charge in [0.2, 0.25) is 0 Å². The molecule has 2 N–H and O–H groups in total. The Kier molecular flexibility index (Phi) is 5.40. The van der Waals surface area contributed by atoms with Crippen LogP contribution in [0.25, 0.3) is 10.9 Å². The molecule has 3 aromatic rings. The van der Waals surface area contributed by atoms with Crippen molar-refractivity contribution < 1.29 is 14.7 Å². The highest BCUT2D eigenvalue weighted by molar-refractivity contribution is 6.36. The second-order valence-electron chi connectivity index (χ2n) is 5.66. The number of carbonyl (C=O) groups excluding carboxylic acids is 1. The Hall–Kier alpha value is -2.63. The van der Waals surface area contributed by atoms with E-state index in [2.05, 4.69) is 10.3 Å². The van der Waals surface area contributed by atoms with Crippen LogP contribution in [-0.2, 0) is 11.2 Å². The van der Waals surface area contributed by atoms with Gasteiger partial charge in [0.15, 0.2) is 0 Å². The Balaban J connectivity index is 1.83. The zero-order valence-electron chi connectivity index (χ0n) is 13.4. The molecule has 1 atom stereocenters. The number of amides is 1. The molecule has 0 radical (unpaired) electrons. The van der Waals surface area contributed by atoms with Gasteiger partial charge >= 0.3 is 5.97 Å². The molecule has 0 saturated carbocycles. The molecular formula is C19H14Cl2N2O3. The molecule has 0 spiro atoms. The summed E-state index contributed by atoms with van der Waals surface area (Å²) in [5.41, 5.74) is 1.26. The predicted molar refractivity (Wildman–Crippen MR) is 101 cm³/mol. The van der Waals surface area contributed by atoms with Crippen LogP contribution in [0.15, 0.2) is 54.6 Å². The Morgan fingerprint density at radius 2 is 1.69 bits per heavy atom. The van der Waals surface area contributed by atoms with Crippen LogP contribution in [0, 0.1) is 0 Å². The summed E-state index contributed by atoms with van der Waals surface area (Å²) in [4.78, 5) is 28.3. The standard InChI is InChI=1S/C19H14Cl2N2O3/c20-13-5-3-6-14(21)12(13)10-17(19(25)26)23-18(24)16-9-8-11-4-1-2-7-15(11)22-16/h1-9,17H,10H2,(H,23,24)(H,25,26)/t17-/m0/s1. The Bertz CT molecular complexity index is 971. The van der Waals surface area contributed by atoms with Gasteiger partial charge < -0.3 is 10.4 Å². The molecule has 2 aromatic carbocycles. The maximum atomic E-state index is 12.5. The molecule has 0 aliphatic rings. The fraction of sp³-hybridized carbons (Fsp3) is 0.105. The summed E-state index contributed by atoms with van der Waals surface area (Å²) >= 11 is 12.2. The van der Waals surface area contributed by atoms with Gasteiger partial charge in [-0.2, -0.15) is 0 Å². The number of nitrogens with one attached hydrogen (secondary N) is 1. The first-order valence-electron chi connectivity index (χ1n) is 7.78. The molecular weight excluding hydrogens is 375 g/mol. The van der Waals surface area contributed by atoms with Gasteiger partial charge in [0.25, 0.3) is 5.91 Å². The third-order valence-electron chi connectivity index (χ3n) is 3.90. The first-order valence-corrected chi connectivity index (χ1v) is 8.53. The maximum absolute atomic E-state index is 12.5. The zero-order chi connectivity index (χ0) is 18.7. The molecule has 26 heavy (non-hydrogen) atoms. The largest absolute Gasteiger partial charge is 0.480 e. The van der Waals surface area contributed by atoms with Crippen molar-refractivity contribution in [2.75, 3.05) is 0 Å². The molecule has 1 heterocycles. The number of nitrogens with zero attached hydrogens (tertiary/aromatic N) is 1. The SMILES string of the molecule is O=C(N[C@@H](Cc1c(Cl)cccc1Cl)C(=O)O)c1ccc2ccccc2n1. The van der Waals surface area contributed by atoms with E-state index in [-0.39, 0.29) is 12.1 Å². The first kappa shape index (κ1) is 18.2. The molecule has 7 heteroatoms. The van der Waals surface area contributed by atoms with Gasteiger partial charge in [0.05, 0.1) is 5.52 Å². The van der Waals surface area contributed by atoms with Crippen molar-refractivity contribution in [2.24, 2.45) is 0 Å². The summed E-state index contributed by atoms with van der Waals surface area (Å²) in [6, 6.07) is 14.4. The van der Waals surface area contributed by atoms with Crippen molar-refractivity contribution in [3.63, 3.8) is 0 Å². The topological polar surface area (TPSA) is 79.3 Å². The summed E-state index contributed by atoms with van der Waals surface area (Å²) in [6.45, 7) is 0. The average Bonchev–Trinajstić information content (AvgIpc) is 2.63. The average molecular weight is 389 g/mol. The summed E-state index contributed by atoms with van der Waals surface area (Å²) < 4.78 is 0. The second kappa shape index (κ2) is 7.72. The minimum atomic E-state index is -1.19. The number of para-hydroxylation sites is 1. The highest BCUT2D eigenvalue weighted by Gasteiger charge is 2.24. The number of fused-ring (bicyclic) bond motifs is 1. The Morgan fingerprint density at radius 1 is 1.00 bits per heavy atom. The van der Waals surface area contributed by atoms with Gasteiger partial charge in [0.1, 0.15) is 11.7 Å². The molecule has 3 rings (SSSR count). The Labute approximate surface area is 159 Å². The van der Waals surface area contributed by atoms with Crippen LogP contribution in [0.1, 0.15) is 16.1 Å². The van der Waals surface area contributed by atoms with Gasteiger partial charge in [-0.05, 0) is 29.8 Å². The number of aliphatic carboxylic acids is 1. The van der Waals surface area contributed by atoms with E-state index in [0.29, 0.717) is 21.1 Å². The van der Waals surface area contributed by atoms with Crippen molar-refractivity contribution >= 4 is 46.0 Å². The normalized spacial score (nSPS) is 11.9. The molecule has 132 valence electrons.